The molecule has 2 aromatic carbocycles. The lowest BCUT2D eigenvalue weighted by Gasteiger charge is -2.29. The maximum absolute atomic E-state index is 13.1. The molecular weight excluding hydrogens is 340 g/mol. The number of hydrogen-bond acceptors (Lipinski definition) is 4. The zero-order chi connectivity index (χ0) is 18.8. The molecule has 0 radical (unpaired) electrons. The summed E-state index contributed by atoms with van der Waals surface area (Å²) < 4.78 is 5.19. The van der Waals surface area contributed by atoms with Gasteiger partial charge in [0.25, 0.3) is 0 Å². The van der Waals surface area contributed by atoms with Crippen molar-refractivity contribution < 1.29 is 9.53 Å². The standard InChI is InChI=1S/C22H22N2O3/c1-2-27-22(26)20-18(21(25)17-9-5-6-10-19(17)23-20)14-24-12-11-15-7-3-4-8-16(15)13-24/h3-10H,2,11-14H2,1H3,(H,23,25). The summed E-state index contributed by atoms with van der Waals surface area (Å²) in [4.78, 5) is 31.0. The number of benzene rings is 2. The normalized spacial score (nSPS) is 14.1. The van der Waals surface area contributed by atoms with Gasteiger partial charge in [-0.05, 0) is 36.6 Å². The second kappa shape index (κ2) is 7.37. The van der Waals surface area contributed by atoms with E-state index >= 15 is 0 Å². The van der Waals surface area contributed by atoms with Crippen LogP contribution in [0.15, 0.2) is 53.3 Å². The molecule has 2 heterocycles. The van der Waals surface area contributed by atoms with Crippen molar-refractivity contribution in [1.29, 1.82) is 0 Å². The highest BCUT2D eigenvalue weighted by Crippen LogP contribution is 2.21. The number of ether oxygens (including phenoxy) is 1. The van der Waals surface area contributed by atoms with Crippen LogP contribution in [0, 0.1) is 0 Å². The monoisotopic (exact) mass is 362 g/mol. The highest BCUT2D eigenvalue weighted by atomic mass is 16.5. The highest BCUT2D eigenvalue weighted by Gasteiger charge is 2.23. The fourth-order valence-corrected chi connectivity index (χ4v) is 3.72. The van der Waals surface area contributed by atoms with Crippen molar-refractivity contribution in [2.24, 2.45) is 0 Å². The molecule has 1 aromatic heterocycles. The minimum atomic E-state index is -0.479. The Morgan fingerprint density at radius 2 is 1.85 bits per heavy atom. The number of carbonyl (C=O) groups excluding carboxylic acids is 1. The third kappa shape index (κ3) is 3.38. The van der Waals surface area contributed by atoms with E-state index in [9.17, 15) is 9.59 Å². The molecule has 0 aliphatic carbocycles. The van der Waals surface area contributed by atoms with Crippen molar-refractivity contribution in [2.75, 3.05) is 13.2 Å². The van der Waals surface area contributed by atoms with Crippen LogP contribution in [0.1, 0.15) is 34.1 Å². The Bertz CT molecular complexity index is 1050. The third-order valence-corrected chi connectivity index (χ3v) is 5.08. The van der Waals surface area contributed by atoms with E-state index in [2.05, 4.69) is 28.1 Å². The Kier molecular flexibility index (Phi) is 4.77. The number of aromatic nitrogens is 1. The van der Waals surface area contributed by atoms with Crippen LogP contribution in [0.3, 0.4) is 0 Å². The molecule has 5 nitrogen and oxygen atoms in total. The van der Waals surface area contributed by atoms with Crippen molar-refractivity contribution in [3.63, 3.8) is 0 Å². The number of pyridine rings is 1. The van der Waals surface area contributed by atoms with Gasteiger partial charge in [0, 0.05) is 36.1 Å². The average molecular weight is 362 g/mol. The van der Waals surface area contributed by atoms with Crippen LogP contribution in [0.2, 0.25) is 0 Å². The first kappa shape index (κ1) is 17.5. The number of H-pyrrole nitrogens is 1. The number of aromatic amines is 1. The number of carbonyl (C=O) groups is 1. The van der Waals surface area contributed by atoms with Gasteiger partial charge < -0.3 is 9.72 Å². The summed E-state index contributed by atoms with van der Waals surface area (Å²) in [5.74, 6) is -0.479. The van der Waals surface area contributed by atoms with Crippen LogP contribution in [0.5, 0.6) is 0 Å². The Morgan fingerprint density at radius 1 is 1.11 bits per heavy atom. The van der Waals surface area contributed by atoms with Crippen molar-refractivity contribution in [1.82, 2.24) is 9.88 Å². The Balaban J connectivity index is 1.74. The van der Waals surface area contributed by atoms with Gasteiger partial charge in [0.1, 0.15) is 5.69 Å². The molecule has 0 unspecified atom stereocenters. The molecule has 1 aliphatic rings. The molecule has 3 aromatic rings. The lowest BCUT2D eigenvalue weighted by Crippen LogP contribution is -2.33. The summed E-state index contributed by atoms with van der Waals surface area (Å²) in [6, 6.07) is 15.6. The summed E-state index contributed by atoms with van der Waals surface area (Å²) in [5.41, 5.74) is 3.92. The van der Waals surface area contributed by atoms with Gasteiger partial charge in [-0.1, -0.05) is 36.4 Å². The molecular formula is C22H22N2O3. The van der Waals surface area contributed by atoms with Crippen LogP contribution in [-0.2, 0) is 24.2 Å². The van der Waals surface area contributed by atoms with Gasteiger partial charge >= 0.3 is 5.97 Å². The fourth-order valence-electron chi connectivity index (χ4n) is 3.72. The number of hydrogen-bond donors (Lipinski definition) is 1. The first-order chi connectivity index (χ1) is 13.2. The first-order valence-corrected chi connectivity index (χ1v) is 9.27. The number of nitrogens with zero attached hydrogens (tertiary/aromatic N) is 1. The maximum atomic E-state index is 13.1. The molecule has 0 atom stereocenters. The zero-order valence-electron chi connectivity index (χ0n) is 15.3. The van der Waals surface area contributed by atoms with Gasteiger partial charge in [0.05, 0.1) is 6.61 Å². The largest absolute Gasteiger partial charge is 0.461 e. The zero-order valence-corrected chi connectivity index (χ0v) is 15.3. The molecule has 5 heteroatoms. The van der Waals surface area contributed by atoms with Gasteiger partial charge in [-0.25, -0.2) is 4.79 Å². The predicted octanol–water partition coefficient (Wildman–Crippen LogP) is 3.26. The number of esters is 1. The average Bonchev–Trinajstić information content (AvgIpc) is 2.70. The molecule has 27 heavy (non-hydrogen) atoms. The summed E-state index contributed by atoms with van der Waals surface area (Å²) >= 11 is 0. The second-order valence-electron chi connectivity index (χ2n) is 6.80. The number of rotatable bonds is 4. The first-order valence-electron chi connectivity index (χ1n) is 9.27. The van der Waals surface area contributed by atoms with E-state index in [0.29, 0.717) is 23.0 Å². The van der Waals surface area contributed by atoms with E-state index in [-0.39, 0.29) is 17.7 Å². The molecule has 0 fully saturated rings. The molecule has 0 saturated heterocycles. The van der Waals surface area contributed by atoms with E-state index in [1.807, 2.05) is 18.2 Å². The summed E-state index contributed by atoms with van der Waals surface area (Å²) in [5, 5.41) is 0.595. The number of nitrogens with one attached hydrogen (secondary N) is 1. The molecule has 1 N–H and O–H groups in total. The molecule has 0 bridgehead atoms. The van der Waals surface area contributed by atoms with Crippen LogP contribution >= 0.6 is 0 Å². The van der Waals surface area contributed by atoms with E-state index in [0.717, 1.165) is 19.5 Å². The van der Waals surface area contributed by atoms with Crippen LogP contribution in [-0.4, -0.2) is 29.0 Å². The number of fused-ring (bicyclic) bond motifs is 2. The quantitative estimate of drug-likeness (QED) is 0.724. The van der Waals surface area contributed by atoms with E-state index < -0.39 is 5.97 Å². The maximum Gasteiger partial charge on any atom is 0.355 e. The van der Waals surface area contributed by atoms with Crippen LogP contribution in [0.25, 0.3) is 10.9 Å². The lowest BCUT2D eigenvalue weighted by molar-refractivity contribution is 0.0517. The Hall–Kier alpha value is -2.92. The Labute approximate surface area is 157 Å². The summed E-state index contributed by atoms with van der Waals surface area (Å²) in [6.45, 7) is 4.07. The second-order valence-corrected chi connectivity index (χ2v) is 6.80. The molecule has 0 amide bonds. The van der Waals surface area contributed by atoms with Crippen molar-refractivity contribution in [2.45, 2.75) is 26.4 Å². The molecule has 138 valence electrons. The third-order valence-electron chi connectivity index (χ3n) is 5.08. The van der Waals surface area contributed by atoms with E-state index in [4.69, 9.17) is 4.74 Å². The predicted molar refractivity (Wildman–Crippen MR) is 105 cm³/mol. The van der Waals surface area contributed by atoms with Gasteiger partial charge in [-0.3, -0.25) is 9.69 Å². The molecule has 0 spiro atoms. The van der Waals surface area contributed by atoms with Gasteiger partial charge in [0.15, 0.2) is 5.43 Å². The summed E-state index contributed by atoms with van der Waals surface area (Å²) in [6.07, 6.45) is 0.941. The van der Waals surface area contributed by atoms with Crippen molar-refractivity contribution in [3.05, 3.63) is 81.1 Å². The topological polar surface area (TPSA) is 62.4 Å². The molecule has 4 rings (SSSR count). The summed E-state index contributed by atoms with van der Waals surface area (Å²) in [7, 11) is 0. The molecule has 0 saturated carbocycles. The Morgan fingerprint density at radius 3 is 2.67 bits per heavy atom. The smallest absolute Gasteiger partial charge is 0.355 e. The minimum absolute atomic E-state index is 0.105. The van der Waals surface area contributed by atoms with Crippen LogP contribution < -0.4 is 5.43 Å². The van der Waals surface area contributed by atoms with E-state index in [1.165, 1.54) is 11.1 Å². The van der Waals surface area contributed by atoms with Crippen molar-refractivity contribution >= 4 is 16.9 Å². The highest BCUT2D eigenvalue weighted by molar-refractivity contribution is 5.92. The van der Waals surface area contributed by atoms with E-state index in [1.54, 1.807) is 19.1 Å². The van der Waals surface area contributed by atoms with Crippen molar-refractivity contribution in [3.8, 4) is 0 Å². The molecule has 1 aliphatic heterocycles. The SMILES string of the molecule is CCOC(=O)c1[nH]c2ccccc2c(=O)c1CN1CCc2ccccc2C1. The lowest BCUT2D eigenvalue weighted by atomic mass is 9.99. The fraction of sp³-hybridized carbons (Fsp3) is 0.273. The number of para-hydroxylation sites is 1. The minimum Gasteiger partial charge on any atom is -0.461 e. The van der Waals surface area contributed by atoms with Crippen LogP contribution in [0.4, 0.5) is 0 Å². The van der Waals surface area contributed by atoms with Gasteiger partial charge in [0.2, 0.25) is 0 Å². The van der Waals surface area contributed by atoms with Gasteiger partial charge in [-0.2, -0.15) is 0 Å². The van der Waals surface area contributed by atoms with Gasteiger partial charge in [-0.15, -0.1) is 0 Å².